The van der Waals surface area contributed by atoms with E-state index in [1.165, 1.54) is 43.4 Å². The summed E-state index contributed by atoms with van der Waals surface area (Å²) in [5.74, 6) is 2.33. The van der Waals surface area contributed by atoms with E-state index in [4.69, 9.17) is 0 Å². The molecular weight excluding hydrogens is 232 g/mol. The molecule has 1 saturated carbocycles. The lowest BCUT2D eigenvalue weighted by molar-refractivity contribution is 0.241. The van der Waals surface area contributed by atoms with Crippen molar-refractivity contribution in [2.24, 2.45) is 11.8 Å². The van der Waals surface area contributed by atoms with Crippen LogP contribution in [0.3, 0.4) is 0 Å². The van der Waals surface area contributed by atoms with Gasteiger partial charge < -0.3 is 5.32 Å². The van der Waals surface area contributed by atoms with E-state index >= 15 is 0 Å². The van der Waals surface area contributed by atoms with Crippen LogP contribution in [0.5, 0.6) is 0 Å². The predicted molar refractivity (Wildman–Crippen MR) is 81.4 cm³/mol. The van der Waals surface area contributed by atoms with Gasteiger partial charge in [-0.15, -0.1) is 0 Å². The number of hydrogen-bond acceptors (Lipinski definition) is 2. The number of hydrogen-bond donors (Lipinski definition) is 1. The molecule has 0 saturated heterocycles. The molecule has 1 heterocycles. The van der Waals surface area contributed by atoms with Gasteiger partial charge >= 0.3 is 0 Å². The topological polar surface area (TPSA) is 24.9 Å². The number of rotatable bonds is 5. The smallest absolute Gasteiger partial charge is 0.0303 e. The molecule has 3 atom stereocenters. The van der Waals surface area contributed by atoms with Crippen molar-refractivity contribution in [2.75, 3.05) is 13.1 Å². The zero-order valence-corrected chi connectivity index (χ0v) is 12.7. The van der Waals surface area contributed by atoms with Crippen molar-refractivity contribution in [3.05, 3.63) is 29.6 Å². The second kappa shape index (κ2) is 7.04. The Morgan fingerprint density at radius 3 is 2.89 bits per heavy atom. The summed E-state index contributed by atoms with van der Waals surface area (Å²) in [4.78, 5) is 4.39. The third-order valence-corrected chi connectivity index (χ3v) is 4.41. The summed E-state index contributed by atoms with van der Waals surface area (Å²) in [6.07, 6.45) is 9.33. The van der Waals surface area contributed by atoms with Gasteiger partial charge in [-0.3, -0.25) is 4.98 Å². The van der Waals surface area contributed by atoms with E-state index in [0.29, 0.717) is 5.92 Å². The first-order chi connectivity index (χ1) is 9.20. The van der Waals surface area contributed by atoms with Gasteiger partial charge in [0.05, 0.1) is 0 Å². The molecule has 0 aliphatic heterocycles. The lowest BCUT2D eigenvalue weighted by Crippen LogP contribution is -2.32. The van der Waals surface area contributed by atoms with Crippen molar-refractivity contribution in [1.82, 2.24) is 10.3 Å². The molecule has 2 nitrogen and oxygen atoms in total. The minimum absolute atomic E-state index is 0.695. The van der Waals surface area contributed by atoms with Gasteiger partial charge in [-0.05, 0) is 68.2 Å². The lowest BCUT2D eigenvalue weighted by atomic mass is 9.72. The molecule has 1 aliphatic rings. The highest BCUT2D eigenvalue weighted by atomic mass is 14.9. The SMILES string of the molecule is CCCNCC1CCC(C)CC1c1cncc(C)c1. The normalized spacial score (nSPS) is 27.4. The van der Waals surface area contributed by atoms with Gasteiger partial charge in [0, 0.05) is 12.4 Å². The number of pyridine rings is 1. The van der Waals surface area contributed by atoms with Crippen LogP contribution in [0, 0.1) is 18.8 Å². The summed E-state index contributed by atoms with van der Waals surface area (Å²) in [5, 5.41) is 3.61. The van der Waals surface area contributed by atoms with Crippen molar-refractivity contribution in [2.45, 2.75) is 52.4 Å². The summed E-state index contributed by atoms with van der Waals surface area (Å²) in [7, 11) is 0. The van der Waals surface area contributed by atoms with Crippen LogP contribution in [0.4, 0.5) is 0 Å². The fourth-order valence-corrected chi connectivity index (χ4v) is 3.34. The van der Waals surface area contributed by atoms with Crippen LogP contribution in [-0.2, 0) is 0 Å². The van der Waals surface area contributed by atoms with Crippen LogP contribution in [0.1, 0.15) is 56.6 Å². The monoisotopic (exact) mass is 260 g/mol. The van der Waals surface area contributed by atoms with Crippen molar-refractivity contribution in [3.8, 4) is 0 Å². The predicted octanol–water partition coefficient (Wildman–Crippen LogP) is 3.91. The first kappa shape index (κ1) is 14.5. The molecule has 0 aromatic carbocycles. The van der Waals surface area contributed by atoms with E-state index in [1.54, 1.807) is 0 Å². The Balaban J connectivity index is 2.07. The maximum atomic E-state index is 4.39. The molecule has 1 N–H and O–H groups in total. The number of aromatic nitrogens is 1. The molecule has 3 unspecified atom stereocenters. The molecule has 0 spiro atoms. The van der Waals surface area contributed by atoms with Gasteiger partial charge in [0.2, 0.25) is 0 Å². The number of aryl methyl sites for hydroxylation is 1. The third-order valence-electron chi connectivity index (χ3n) is 4.41. The van der Waals surface area contributed by atoms with Gasteiger partial charge in [0.1, 0.15) is 0 Å². The maximum Gasteiger partial charge on any atom is 0.0303 e. The Hall–Kier alpha value is -0.890. The molecule has 0 amide bonds. The maximum absolute atomic E-state index is 4.39. The van der Waals surface area contributed by atoms with Crippen molar-refractivity contribution < 1.29 is 0 Å². The summed E-state index contributed by atoms with van der Waals surface area (Å²) in [6.45, 7) is 9.08. The van der Waals surface area contributed by atoms with E-state index in [1.807, 2.05) is 6.20 Å². The van der Waals surface area contributed by atoms with Crippen molar-refractivity contribution in [3.63, 3.8) is 0 Å². The Kier molecular flexibility index (Phi) is 5.38. The summed E-state index contributed by atoms with van der Waals surface area (Å²) >= 11 is 0. The van der Waals surface area contributed by atoms with E-state index in [2.05, 4.69) is 43.3 Å². The first-order valence-electron chi connectivity index (χ1n) is 7.83. The van der Waals surface area contributed by atoms with Gasteiger partial charge in [-0.25, -0.2) is 0 Å². The van der Waals surface area contributed by atoms with E-state index in [0.717, 1.165) is 18.4 Å². The fraction of sp³-hybridized carbons (Fsp3) is 0.706. The minimum Gasteiger partial charge on any atom is -0.316 e. The molecule has 0 bridgehead atoms. The summed E-state index contributed by atoms with van der Waals surface area (Å²) < 4.78 is 0. The molecule has 2 rings (SSSR count). The number of nitrogens with one attached hydrogen (secondary N) is 1. The average Bonchev–Trinajstić information content (AvgIpc) is 2.40. The Morgan fingerprint density at radius 2 is 2.16 bits per heavy atom. The van der Waals surface area contributed by atoms with Crippen LogP contribution in [0.2, 0.25) is 0 Å². The standard InChI is InChI=1S/C17H28N2/c1-4-7-18-11-15-6-5-13(2)9-17(15)16-8-14(3)10-19-12-16/h8,10,12-13,15,17-18H,4-7,9,11H2,1-3H3. The average molecular weight is 260 g/mol. The molecule has 1 fully saturated rings. The quantitative estimate of drug-likeness (QED) is 0.812. The minimum atomic E-state index is 0.695. The molecule has 2 heteroatoms. The van der Waals surface area contributed by atoms with Gasteiger partial charge in [-0.2, -0.15) is 0 Å². The fourth-order valence-electron chi connectivity index (χ4n) is 3.34. The molecule has 1 aliphatic carbocycles. The molecule has 19 heavy (non-hydrogen) atoms. The van der Waals surface area contributed by atoms with Crippen LogP contribution >= 0.6 is 0 Å². The second-order valence-electron chi connectivity index (χ2n) is 6.28. The van der Waals surface area contributed by atoms with Crippen molar-refractivity contribution >= 4 is 0 Å². The molecule has 1 aromatic heterocycles. The summed E-state index contributed by atoms with van der Waals surface area (Å²) in [5.41, 5.74) is 2.74. The highest BCUT2D eigenvalue weighted by molar-refractivity contribution is 5.22. The Bertz CT molecular complexity index is 389. The zero-order valence-electron chi connectivity index (χ0n) is 12.7. The second-order valence-corrected chi connectivity index (χ2v) is 6.28. The number of nitrogens with zero attached hydrogens (tertiary/aromatic N) is 1. The Labute approximate surface area is 118 Å². The van der Waals surface area contributed by atoms with Crippen LogP contribution < -0.4 is 5.32 Å². The first-order valence-corrected chi connectivity index (χ1v) is 7.83. The van der Waals surface area contributed by atoms with Gasteiger partial charge in [-0.1, -0.05) is 26.3 Å². The largest absolute Gasteiger partial charge is 0.316 e. The molecule has 0 radical (unpaired) electrons. The summed E-state index contributed by atoms with van der Waals surface area (Å²) in [6, 6.07) is 2.34. The lowest BCUT2D eigenvalue weighted by Gasteiger charge is -2.35. The van der Waals surface area contributed by atoms with E-state index in [-0.39, 0.29) is 0 Å². The molecule has 106 valence electrons. The molecular formula is C17H28N2. The van der Waals surface area contributed by atoms with Crippen LogP contribution in [-0.4, -0.2) is 18.1 Å². The van der Waals surface area contributed by atoms with Crippen LogP contribution in [0.25, 0.3) is 0 Å². The zero-order chi connectivity index (χ0) is 13.7. The third kappa shape index (κ3) is 4.04. The van der Waals surface area contributed by atoms with Gasteiger partial charge in [0.15, 0.2) is 0 Å². The van der Waals surface area contributed by atoms with Crippen LogP contribution in [0.15, 0.2) is 18.5 Å². The van der Waals surface area contributed by atoms with Crippen molar-refractivity contribution in [1.29, 1.82) is 0 Å². The van der Waals surface area contributed by atoms with Gasteiger partial charge in [0.25, 0.3) is 0 Å². The highest BCUT2D eigenvalue weighted by Gasteiger charge is 2.29. The Morgan fingerprint density at radius 1 is 1.32 bits per heavy atom. The highest BCUT2D eigenvalue weighted by Crippen LogP contribution is 2.40. The van der Waals surface area contributed by atoms with E-state index in [9.17, 15) is 0 Å². The van der Waals surface area contributed by atoms with E-state index < -0.39 is 0 Å². The molecule has 1 aromatic rings.